The van der Waals surface area contributed by atoms with Crippen LogP contribution in [0, 0.1) is 0 Å². The molecular formula is C13H16O6. The number of hydrogen-bond acceptors (Lipinski definition) is 6. The van der Waals surface area contributed by atoms with Gasteiger partial charge in [-0.25, -0.2) is 4.79 Å². The molecule has 0 unspecified atom stereocenters. The fourth-order valence-corrected chi connectivity index (χ4v) is 1.35. The minimum Gasteiger partial charge on any atom is -0.502 e. The first kappa shape index (κ1) is 14.8. The number of phenols is 1. The number of carbonyl (C=O) groups is 1. The second-order valence-electron chi connectivity index (χ2n) is 3.54. The number of methoxy groups -OCH3 is 2. The highest BCUT2D eigenvalue weighted by Gasteiger charge is 2.09. The summed E-state index contributed by atoms with van der Waals surface area (Å²) in [6, 6.07) is 3.28. The van der Waals surface area contributed by atoms with Gasteiger partial charge in [0.2, 0.25) is 5.75 Å². The van der Waals surface area contributed by atoms with Crippen LogP contribution < -0.4 is 9.47 Å². The predicted octanol–water partition coefficient (Wildman–Crippen LogP) is 1.92. The lowest BCUT2D eigenvalue weighted by Crippen LogP contribution is -1.99. The monoisotopic (exact) mass is 268 g/mol. The molecule has 19 heavy (non-hydrogen) atoms. The Kier molecular flexibility index (Phi) is 5.69. The SMILES string of the molecule is COc1cc(C=CCOOC(C)=O)cc(OC)c1O. The number of rotatable bonds is 6. The fraction of sp³-hybridized carbons (Fsp3) is 0.308. The van der Waals surface area contributed by atoms with Crippen LogP contribution in [0.15, 0.2) is 18.2 Å². The number of phenolic OH excluding ortho intramolecular Hbond substituents is 1. The zero-order valence-electron chi connectivity index (χ0n) is 11.0. The summed E-state index contributed by atoms with van der Waals surface area (Å²) < 4.78 is 10.0. The first-order valence-corrected chi connectivity index (χ1v) is 5.50. The molecule has 0 aliphatic rings. The van der Waals surface area contributed by atoms with E-state index in [-0.39, 0.29) is 12.4 Å². The first-order valence-electron chi connectivity index (χ1n) is 5.50. The van der Waals surface area contributed by atoms with Gasteiger partial charge in [-0.1, -0.05) is 12.2 Å². The van der Waals surface area contributed by atoms with Crippen LogP contribution in [0.2, 0.25) is 0 Å². The molecule has 0 spiro atoms. The van der Waals surface area contributed by atoms with Gasteiger partial charge in [-0.05, 0) is 17.7 Å². The van der Waals surface area contributed by atoms with Gasteiger partial charge in [0.15, 0.2) is 11.5 Å². The molecule has 1 rings (SSSR count). The normalized spacial score (nSPS) is 10.5. The van der Waals surface area contributed by atoms with Crippen LogP contribution in [0.25, 0.3) is 6.08 Å². The lowest BCUT2D eigenvalue weighted by Gasteiger charge is -2.09. The van der Waals surface area contributed by atoms with E-state index in [1.807, 2.05) is 0 Å². The molecule has 0 amide bonds. The largest absolute Gasteiger partial charge is 0.502 e. The average Bonchev–Trinajstić information content (AvgIpc) is 2.39. The summed E-state index contributed by atoms with van der Waals surface area (Å²) in [7, 11) is 2.90. The molecule has 0 fully saturated rings. The summed E-state index contributed by atoms with van der Waals surface area (Å²) >= 11 is 0. The molecular weight excluding hydrogens is 252 g/mol. The van der Waals surface area contributed by atoms with Gasteiger partial charge in [0.25, 0.3) is 0 Å². The Labute approximate surface area is 111 Å². The van der Waals surface area contributed by atoms with Crippen molar-refractivity contribution >= 4 is 12.0 Å². The molecule has 0 bridgehead atoms. The Bertz CT molecular complexity index is 441. The quantitative estimate of drug-likeness (QED) is 0.482. The lowest BCUT2D eigenvalue weighted by molar-refractivity contribution is -0.263. The number of benzene rings is 1. The summed E-state index contributed by atoms with van der Waals surface area (Å²) in [5.74, 6) is 0.0412. The van der Waals surface area contributed by atoms with Gasteiger partial charge in [0.05, 0.1) is 14.2 Å². The third-order valence-electron chi connectivity index (χ3n) is 2.15. The Morgan fingerprint density at radius 2 is 1.84 bits per heavy atom. The molecule has 1 N–H and O–H groups in total. The zero-order chi connectivity index (χ0) is 14.3. The number of ether oxygens (including phenoxy) is 2. The Balaban J connectivity index is 2.72. The fourth-order valence-electron chi connectivity index (χ4n) is 1.35. The molecule has 6 nitrogen and oxygen atoms in total. The third-order valence-corrected chi connectivity index (χ3v) is 2.15. The smallest absolute Gasteiger partial charge is 0.339 e. The highest BCUT2D eigenvalue weighted by molar-refractivity contribution is 5.65. The maximum Gasteiger partial charge on any atom is 0.339 e. The van der Waals surface area contributed by atoms with Crippen molar-refractivity contribution in [3.8, 4) is 17.2 Å². The van der Waals surface area contributed by atoms with Gasteiger partial charge in [-0.15, -0.1) is 0 Å². The molecule has 1 aromatic carbocycles. The molecule has 6 heteroatoms. The predicted molar refractivity (Wildman–Crippen MR) is 68.0 cm³/mol. The maximum atomic E-state index is 10.4. The topological polar surface area (TPSA) is 74.2 Å². The second kappa shape index (κ2) is 7.27. The van der Waals surface area contributed by atoms with Crippen molar-refractivity contribution in [2.45, 2.75) is 6.92 Å². The number of aromatic hydroxyl groups is 1. The zero-order valence-corrected chi connectivity index (χ0v) is 11.0. The first-order chi connectivity index (χ1) is 9.08. The van der Waals surface area contributed by atoms with Gasteiger partial charge in [-0.2, -0.15) is 4.89 Å². The van der Waals surface area contributed by atoms with E-state index in [2.05, 4.69) is 9.78 Å². The molecule has 0 radical (unpaired) electrons. The molecule has 0 aliphatic heterocycles. The van der Waals surface area contributed by atoms with Gasteiger partial charge < -0.3 is 14.6 Å². The molecule has 1 aromatic rings. The van der Waals surface area contributed by atoms with Crippen LogP contribution >= 0.6 is 0 Å². The molecule has 0 atom stereocenters. The molecule has 0 saturated carbocycles. The van der Waals surface area contributed by atoms with E-state index < -0.39 is 5.97 Å². The second-order valence-corrected chi connectivity index (χ2v) is 3.54. The molecule has 0 saturated heterocycles. The lowest BCUT2D eigenvalue weighted by atomic mass is 10.1. The van der Waals surface area contributed by atoms with Crippen molar-refractivity contribution in [2.24, 2.45) is 0 Å². The Hall–Kier alpha value is -2.21. The summed E-state index contributed by atoms with van der Waals surface area (Å²) in [6.45, 7) is 1.37. The van der Waals surface area contributed by atoms with Crippen LogP contribution in [-0.4, -0.2) is 31.9 Å². The highest BCUT2D eigenvalue weighted by atomic mass is 17.2. The van der Waals surface area contributed by atoms with Crippen LogP contribution in [0.3, 0.4) is 0 Å². The van der Waals surface area contributed by atoms with E-state index in [1.54, 1.807) is 24.3 Å². The van der Waals surface area contributed by atoms with Crippen LogP contribution in [0.4, 0.5) is 0 Å². The van der Waals surface area contributed by atoms with E-state index in [4.69, 9.17) is 9.47 Å². The van der Waals surface area contributed by atoms with Crippen molar-refractivity contribution in [1.29, 1.82) is 0 Å². The Morgan fingerprint density at radius 1 is 1.26 bits per heavy atom. The maximum absolute atomic E-state index is 10.4. The minimum atomic E-state index is -0.513. The van der Waals surface area contributed by atoms with E-state index in [0.717, 1.165) is 5.56 Å². The molecule has 0 aliphatic carbocycles. The third kappa shape index (κ3) is 4.51. The van der Waals surface area contributed by atoms with Crippen molar-refractivity contribution in [2.75, 3.05) is 20.8 Å². The van der Waals surface area contributed by atoms with Gasteiger partial charge in [-0.3, -0.25) is 4.89 Å². The van der Waals surface area contributed by atoms with Gasteiger partial charge in [0, 0.05) is 6.92 Å². The molecule has 0 aromatic heterocycles. The van der Waals surface area contributed by atoms with Gasteiger partial charge >= 0.3 is 5.97 Å². The number of carbonyl (C=O) groups excluding carboxylic acids is 1. The standard InChI is InChI=1S/C13H16O6/c1-9(14)19-18-6-4-5-10-7-11(16-2)13(15)12(8-10)17-3/h4-5,7-8,15H,6H2,1-3H3. The van der Waals surface area contributed by atoms with E-state index in [9.17, 15) is 9.90 Å². The molecule has 104 valence electrons. The van der Waals surface area contributed by atoms with Crippen molar-refractivity contribution < 1.29 is 29.1 Å². The van der Waals surface area contributed by atoms with E-state index in [1.165, 1.54) is 21.1 Å². The van der Waals surface area contributed by atoms with Crippen LogP contribution in [0.1, 0.15) is 12.5 Å². The summed E-state index contributed by atoms with van der Waals surface area (Å²) in [5, 5.41) is 9.73. The minimum absolute atomic E-state index is 0.0571. The van der Waals surface area contributed by atoms with Crippen LogP contribution in [0.5, 0.6) is 17.2 Å². The summed E-state index contributed by atoms with van der Waals surface area (Å²) in [6.07, 6.45) is 3.36. The van der Waals surface area contributed by atoms with Crippen molar-refractivity contribution in [3.05, 3.63) is 23.8 Å². The van der Waals surface area contributed by atoms with E-state index >= 15 is 0 Å². The number of hydrogen-bond donors (Lipinski definition) is 1. The average molecular weight is 268 g/mol. The van der Waals surface area contributed by atoms with Gasteiger partial charge in [0.1, 0.15) is 6.61 Å². The summed E-state index contributed by atoms with van der Waals surface area (Å²) in [5.41, 5.74) is 0.748. The molecule has 0 heterocycles. The van der Waals surface area contributed by atoms with Crippen molar-refractivity contribution in [1.82, 2.24) is 0 Å². The highest BCUT2D eigenvalue weighted by Crippen LogP contribution is 2.37. The van der Waals surface area contributed by atoms with Crippen molar-refractivity contribution in [3.63, 3.8) is 0 Å². The Morgan fingerprint density at radius 3 is 2.32 bits per heavy atom. The van der Waals surface area contributed by atoms with Crippen LogP contribution in [-0.2, 0) is 14.6 Å². The summed E-state index contributed by atoms with van der Waals surface area (Å²) in [4.78, 5) is 19.4. The van der Waals surface area contributed by atoms with E-state index in [0.29, 0.717) is 11.5 Å².